The molecule has 144 valence electrons. The zero-order valence-electron chi connectivity index (χ0n) is 15.8. The van der Waals surface area contributed by atoms with E-state index in [0.29, 0.717) is 24.2 Å². The van der Waals surface area contributed by atoms with E-state index < -0.39 is 0 Å². The molecule has 2 amide bonds. The molecule has 0 spiro atoms. The summed E-state index contributed by atoms with van der Waals surface area (Å²) >= 11 is 1.23. The largest absolute Gasteiger partial charge is 0.411 e. The molecule has 3 rings (SSSR count). The van der Waals surface area contributed by atoms with E-state index in [4.69, 9.17) is 4.42 Å². The third-order valence-electron chi connectivity index (χ3n) is 4.51. The third-order valence-corrected chi connectivity index (χ3v) is 5.33. The first kappa shape index (κ1) is 19.4. The molecule has 0 radical (unpaired) electrons. The van der Waals surface area contributed by atoms with E-state index in [1.54, 1.807) is 6.92 Å². The molecule has 2 heterocycles. The second-order valence-electron chi connectivity index (χ2n) is 6.89. The van der Waals surface area contributed by atoms with Crippen molar-refractivity contribution in [3.63, 3.8) is 0 Å². The second-order valence-corrected chi connectivity index (χ2v) is 7.81. The van der Waals surface area contributed by atoms with Crippen LogP contribution < -0.4 is 5.32 Å². The molecular formula is C19H24N4O3S. The quantitative estimate of drug-likeness (QED) is 0.792. The van der Waals surface area contributed by atoms with Gasteiger partial charge >= 0.3 is 0 Å². The topological polar surface area (TPSA) is 88.3 Å². The molecule has 1 aliphatic heterocycles. The van der Waals surface area contributed by atoms with E-state index in [1.807, 2.05) is 30.9 Å². The van der Waals surface area contributed by atoms with Crippen LogP contribution in [0.3, 0.4) is 0 Å². The molecule has 0 unspecified atom stereocenters. The van der Waals surface area contributed by atoms with E-state index in [1.165, 1.54) is 11.8 Å². The molecule has 0 atom stereocenters. The summed E-state index contributed by atoms with van der Waals surface area (Å²) in [6.07, 6.45) is 1.57. The lowest BCUT2D eigenvalue weighted by atomic mass is 10.1. The minimum atomic E-state index is -0.0626. The SMILES string of the molecule is CC(=O)N1CCC(NC(=O)CSc2nnc(-c3cc(C)cc(C)c3)o2)CC1. The highest BCUT2D eigenvalue weighted by molar-refractivity contribution is 7.99. The first-order valence-electron chi connectivity index (χ1n) is 9.00. The lowest BCUT2D eigenvalue weighted by Crippen LogP contribution is -2.46. The fraction of sp³-hybridized carbons (Fsp3) is 0.474. The van der Waals surface area contributed by atoms with Crippen LogP contribution in [0.4, 0.5) is 0 Å². The molecule has 1 N–H and O–H groups in total. The Bertz CT molecular complexity index is 808. The van der Waals surface area contributed by atoms with Gasteiger partial charge in [-0.05, 0) is 38.8 Å². The number of nitrogens with one attached hydrogen (secondary N) is 1. The highest BCUT2D eigenvalue weighted by atomic mass is 32.2. The van der Waals surface area contributed by atoms with Crippen LogP contribution in [0.15, 0.2) is 27.8 Å². The molecule has 1 aromatic heterocycles. The second kappa shape index (κ2) is 8.56. The first-order valence-corrected chi connectivity index (χ1v) is 9.99. The fourth-order valence-corrected chi connectivity index (χ4v) is 3.79. The summed E-state index contributed by atoms with van der Waals surface area (Å²) in [7, 11) is 0. The van der Waals surface area contributed by atoms with E-state index in [9.17, 15) is 9.59 Å². The van der Waals surface area contributed by atoms with Crippen molar-refractivity contribution in [1.82, 2.24) is 20.4 Å². The number of aryl methyl sites for hydroxylation is 2. The Morgan fingerprint density at radius 3 is 2.48 bits per heavy atom. The Morgan fingerprint density at radius 1 is 1.19 bits per heavy atom. The number of carbonyl (C=O) groups excluding carboxylic acids is 2. The lowest BCUT2D eigenvalue weighted by Gasteiger charge is -2.31. The van der Waals surface area contributed by atoms with Crippen molar-refractivity contribution in [3.8, 4) is 11.5 Å². The van der Waals surface area contributed by atoms with Gasteiger partial charge < -0.3 is 14.6 Å². The number of benzene rings is 1. The Hall–Kier alpha value is -2.35. The van der Waals surface area contributed by atoms with E-state index >= 15 is 0 Å². The number of hydrogen-bond donors (Lipinski definition) is 1. The molecule has 1 fully saturated rings. The van der Waals surface area contributed by atoms with Crippen molar-refractivity contribution < 1.29 is 14.0 Å². The Morgan fingerprint density at radius 2 is 1.85 bits per heavy atom. The standard InChI is InChI=1S/C19H24N4O3S/c1-12-8-13(2)10-15(9-12)18-21-22-19(26-18)27-11-17(25)20-16-4-6-23(7-5-16)14(3)24/h8-10,16H,4-7,11H2,1-3H3,(H,20,25). The van der Waals surface area contributed by atoms with Crippen molar-refractivity contribution in [1.29, 1.82) is 0 Å². The predicted octanol–water partition coefficient (Wildman–Crippen LogP) is 2.57. The maximum atomic E-state index is 12.2. The van der Waals surface area contributed by atoms with Gasteiger partial charge in [-0.15, -0.1) is 10.2 Å². The number of rotatable bonds is 5. The molecule has 7 nitrogen and oxygen atoms in total. The summed E-state index contributed by atoms with van der Waals surface area (Å²) in [5, 5.41) is 11.5. The molecule has 1 aliphatic rings. The predicted molar refractivity (Wildman–Crippen MR) is 103 cm³/mol. The van der Waals surface area contributed by atoms with Crippen LogP contribution >= 0.6 is 11.8 Å². The Labute approximate surface area is 162 Å². The summed E-state index contributed by atoms with van der Waals surface area (Å²) in [5.74, 6) is 0.710. The number of thioether (sulfide) groups is 1. The minimum Gasteiger partial charge on any atom is -0.411 e. The monoisotopic (exact) mass is 388 g/mol. The van der Waals surface area contributed by atoms with Crippen LogP contribution in [0.25, 0.3) is 11.5 Å². The number of hydrogen-bond acceptors (Lipinski definition) is 6. The van der Waals surface area contributed by atoms with Gasteiger partial charge in [-0.2, -0.15) is 0 Å². The average Bonchev–Trinajstić information content (AvgIpc) is 3.09. The molecule has 27 heavy (non-hydrogen) atoms. The Balaban J connectivity index is 1.48. The highest BCUT2D eigenvalue weighted by Gasteiger charge is 2.22. The fourth-order valence-electron chi connectivity index (χ4n) is 3.22. The number of carbonyl (C=O) groups is 2. The van der Waals surface area contributed by atoms with Crippen molar-refractivity contribution in [2.45, 2.75) is 44.9 Å². The smallest absolute Gasteiger partial charge is 0.277 e. The van der Waals surface area contributed by atoms with E-state index in [2.05, 4.69) is 21.6 Å². The summed E-state index contributed by atoms with van der Waals surface area (Å²) in [6, 6.07) is 6.19. The maximum Gasteiger partial charge on any atom is 0.277 e. The summed E-state index contributed by atoms with van der Waals surface area (Å²) in [6.45, 7) is 7.00. The molecular weight excluding hydrogens is 364 g/mol. The van der Waals surface area contributed by atoms with E-state index in [0.717, 1.165) is 29.5 Å². The van der Waals surface area contributed by atoms with Crippen molar-refractivity contribution in [3.05, 3.63) is 29.3 Å². The minimum absolute atomic E-state index is 0.0626. The normalized spacial score (nSPS) is 15.0. The molecule has 1 aromatic carbocycles. The van der Waals surface area contributed by atoms with Gasteiger partial charge in [0.1, 0.15) is 0 Å². The zero-order chi connectivity index (χ0) is 19.4. The number of aromatic nitrogens is 2. The van der Waals surface area contributed by atoms with Crippen LogP contribution in [0, 0.1) is 13.8 Å². The van der Waals surface area contributed by atoms with Crippen LogP contribution in [-0.2, 0) is 9.59 Å². The van der Waals surface area contributed by atoms with E-state index in [-0.39, 0.29) is 23.6 Å². The van der Waals surface area contributed by atoms with Gasteiger partial charge in [0.15, 0.2) is 0 Å². The van der Waals surface area contributed by atoms with Crippen molar-refractivity contribution in [2.24, 2.45) is 0 Å². The van der Waals surface area contributed by atoms with Gasteiger partial charge in [-0.3, -0.25) is 9.59 Å². The van der Waals surface area contributed by atoms with Gasteiger partial charge in [-0.1, -0.05) is 29.0 Å². The van der Waals surface area contributed by atoms with Crippen molar-refractivity contribution >= 4 is 23.6 Å². The van der Waals surface area contributed by atoms with Gasteiger partial charge in [0.2, 0.25) is 17.7 Å². The number of piperidine rings is 1. The molecule has 8 heteroatoms. The third kappa shape index (κ3) is 5.32. The summed E-state index contributed by atoms with van der Waals surface area (Å²) < 4.78 is 5.68. The molecule has 2 aromatic rings. The number of nitrogens with zero attached hydrogens (tertiary/aromatic N) is 3. The number of amides is 2. The van der Waals surface area contributed by atoms with Crippen LogP contribution in [0.5, 0.6) is 0 Å². The van der Waals surface area contributed by atoms with Crippen LogP contribution in [0.1, 0.15) is 30.9 Å². The van der Waals surface area contributed by atoms with Crippen molar-refractivity contribution in [2.75, 3.05) is 18.8 Å². The molecule has 1 saturated heterocycles. The van der Waals surface area contributed by atoms with Gasteiger partial charge in [0.05, 0.1) is 5.75 Å². The van der Waals surface area contributed by atoms with Gasteiger partial charge in [0, 0.05) is 31.6 Å². The van der Waals surface area contributed by atoms with Crippen LogP contribution in [0.2, 0.25) is 0 Å². The average molecular weight is 388 g/mol. The molecule has 0 aliphatic carbocycles. The van der Waals surface area contributed by atoms with Gasteiger partial charge in [-0.25, -0.2) is 0 Å². The number of likely N-dealkylation sites (tertiary alicyclic amines) is 1. The maximum absolute atomic E-state index is 12.2. The first-order chi connectivity index (χ1) is 12.9. The highest BCUT2D eigenvalue weighted by Crippen LogP contribution is 2.25. The zero-order valence-corrected chi connectivity index (χ0v) is 16.6. The van der Waals surface area contributed by atoms with Gasteiger partial charge in [0.25, 0.3) is 5.22 Å². The Kier molecular flexibility index (Phi) is 6.15. The molecule has 0 saturated carbocycles. The molecule has 0 bridgehead atoms. The van der Waals surface area contributed by atoms with Crippen LogP contribution in [-0.4, -0.2) is 51.8 Å². The summed E-state index contributed by atoms with van der Waals surface area (Å²) in [5.41, 5.74) is 3.15. The summed E-state index contributed by atoms with van der Waals surface area (Å²) in [4.78, 5) is 25.3. The lowest BCUT2D eigenvalue weighted by molar-refractivity contribution is -0.130.